The Bertz CT molecular complexity index is 1260. The lowest BCUT2D eigenvalue weighted by atomic mass is 9.48. The quantitative estimate of drug-likeness (QED) is 0.269. The Morgan fingerprint density at radius 2 is 1.83 bits per heavy atom. The summed E-state index contributed by atoms with van der Waals surface area (Å²) < 4.78 is 33.4. The Kier molecular flexibility index (Phi) is 7.43. The third-order valence-electron chi connectivity index (χ3n) is 11.6. The molecule has 0 spiro atoms. The summed E-state index contributed by atoms with van der Waals surface area (Å²) in [6.45, 7) is 6.95. The van der Waals surface area contributed by atoms with Crippen LogP contribution in [0.4, 0.5) is 0 Å². The maximum absolute atomic E-state index is 15.0. The first kappa shape index (κ1) is 30.7. The molecule has 0 bridgehead atoms. The molecule has 2 heterocycles. The minimum absolute atomic E-state index is 0.0431. The average Bonchev–Trinajstić information content (AvgIpc) is 3.56. The number of Topliss-reactive ketones (excluding diaryl/α,β-unsaturated/α-hetero) is 1. The maximum Gasteiger partial charge on any atom is 0.309 e. The van der Waals surface area contributed by atoms with Gasteiger partial charge in [-0.1, -0.05) is 20.8 Å². The molecule has 1 saturated heterocycles. The number of ether oxygens (including phenoxy) is 5. The predicted octanol–water partition coefficient (Wildman–Crippen LogP) is 3.52. The van der Waals surface area contributed by atoms with Crippen molar-refractivity contribution < 1.29 is 52.4 Å². The van der Waals surface area contributed by atoms with Crippen LogP contribution in [0.25, 0.3) is 0 Å². The van der Waals surface area contributed by atoms with Crippen LogP contribution in [-0.4, -0.2) is 67.6 Å². The van der Waals surface area contributed by atoms with Gasteiger partial charge in [0.25, 0.3) is 0 Å². The first-order valence-corrected chi connectivity index (χ1v) is 14.5. The molecule has 9 atom stereocenters. The summed E-state index contributed by atoms with van der Waals surface area (Å²) in [5.41, 5.74) is -5.76. The molecule has 4 fully saturated rings. The summed E-state index contributed by atoms with van der Waals surface area (Å²) in [6, 6.07) is 1.69. The molecule has 3 aliphatic carbocycles. The van der Waals surface area contributed by atoms with Crippen LogP contribution >= 0.6 is 0 Å². The number of carbonyl (C=O) groups is 4. The van der Waals surface area contributed by atoms with Crippen molar-refractivity contribution in [1.82, 2.24) is 0 Å². The topological polar surface area (TPSA) is 148 Å². The second kappa shape index (κ2) is 10.2. The first-order valence-electron chi connectivity index (χ1n) is 14.5. The van der Waals surface area contributed by atoms with Crippen LogP contribution in [0.1, 0.15) is 77.9 Å². The molecule has 0 radical (unpaired) electrons. The van der Waals surface area contributed by atoms with Crippen LogP contribution in [0.2, 0.25) is 0 Å². The van der Waals surface area contributed by atoms with Crippen LogP contribution < -0.4 is 0 Å². The van der Waals surface area contributed by atoms with E-state index in [0.29, 0.717) is 24.8 Å². The fourth-order valence-electron chi connectivity index (χ4n) is 9.68. The van der Waals surface area contributed by atoms with Crippen molar-refractivity contribution in [3.8, 4) is 0 Å². The summed E-state index contributed by atoms with van der Waals surface area (Å²) in [5, 5.41) is 12.7. The van der Waals surface area contributed by atoms with Gasteiger partial charge in [-0.25, -0.2) is 0 Å². The zero-order chi connectivity index (χ0) is 30.9. The molecule has 1 N–H and O–H groups in total. The van der Waals surface area contributed by atoms with E-state index in [9.17, 15) is 19.5 Å². The number of esters is 3. The van der Waals surface area contributed by atoms with Gasteiger partial charge in [-0.3, -0.25) is 19.2 Å². The molecule has 1 aromatic rings. The average molecular weight is 591 g/mol. The highest BCUT2D eigenvalue weighted by atomic mass is 16.7. The van der Waals surface area contributed by atoms with Crippen LogP contribution in [0, 0.1) is 34.0 Å². The van der Waals surface area contributed by atoms with Crippen molar-refractivity contribution in [3.63, 3.8) is 0 Å². The monoisotopic (exact) mass is 590 g/mol. The minimum atomic E-state index is -1.81. The van der Waals surface area contributed by atoms with Crippen molar-refractivity contribution in [2.75, 3.05) is 21.3 Å². The third kappa shape index (κ3) is 3.95. The van der Waals surface area contributed by atoms with Crippen LogP contribution in [0.3, 0.4) is 0 Å². The molecule has 11 heteroatoms. The van der Waals surface area contributed by atoms with Crippen LogP contribution in [0.15, 0.2) is 23.0 Å². The molecule has 0 aromatic carbocycles. The van der Waals surface area contributed by atoms with Gasteiger partial charge in [-0.2, -0.15) is 0 Å². The Hall–Kier alpha value is -2.76. The van der Waals surface area contributed by atoms with Crippen molar-refractivity contribution in [2.24, 2.45) is 34.0 Å². The molecule has 3 saturated carbocycles. The Morgan fingerprint density at radius 3 is 2.40 bits per heavy atom. The number of hydrogen-bond acceptors (Lipinski definition) is 11. The van der Waals surface area contributed by atoms with Gasteiger partial charge in [-0.05, 0) is 36.2 Å². The van der Waals surface area contributed by atoms with E-state index in [4.69, 9.17) is 28.1 Å². The molecular weight excluding hydrogens is 548 g/mol. The van der Waals surface area contributed by atoms with Crippen molar-refractivity contribution in [1.29, 1.82) is 0 Å². The van der Waals surface area contributed by atoms with Gasteiger partial charge in [0.1, 0.15) is 6.10 Å². The maximum atomic E-state index is 15.0. The van der Waals surface area contributed by atoms with E-state index >= 15 is 4.79 Å². The molecule has 4 aliphatic rings. The van der Waals surface area contributed by atoms with E-state index in [-0.39, 0.29) is 19.3 Å². The number of hydrogen-bond donors (Lipinski definition) is 1. The van der Waals surface area contributed by atoms with Gasteiger partial charge >= 0.3 is 17.9 Å². The fourth-order valence-corrected chi connectivity index (χ4v) is 9.68. The van der Waals surface area contributed by atoms with Crippen LogP contribution in [0.5, 0.6) is 0 Å². The number of aliphatic hydroxyl groups is 1. The molecule has 232 valence electrons. The van der Waals surface area contributed by atoms with Gasteiger partial charge in [0.2, 0.25) is 0 Å². The number of fused-ring (bicyclic) bond motifs is 5. The molecule has 11 nitrogen and oxygen atoms in total. The predicted molar refractivity (Wildman–Crippen MR) is 144 cm³/mol. The van der Waals surface area contributed by atoms with E-state index in [0.717, 1.165) is 0 Å². The van der Waals surface area contributed by atoms with Gasteiger partial charge < -0.3 is 33.2 Å². The molecule has 0 unspecified atom stereocenters. The number of rotatable bonds is 8. The summed E-state index contributed by atoms with van der Waals surface area (Å²) in [4.78, 5) is 53.8. The molecule has 42 heavy (non-hydrogen) atoms. The van der Waals surface area contributed by atoms with Crippen molar-refractivity contribution in [2.45, 2.75) is 89.8 Å². The fraction of sp³-hybridized carbons (Fsp3) is 0.742. The standard InChI is InChI=1S/C31H42O11/c1-17(32)42-31-16-27(2,14-23(38-6)39-7)20(12-21(33)37-5)29(31,4)19-8-10-28(3)26(18-9-11-40-15-18)41-22(34)13-30(28,36)24(19)25(31)35/h9,11,15,19-20,23-24,26,36H,8,10,12-14,16H2,1-7H3/t19-,20+,24+,26+,27-,28+,29+,30-,31-/m1/s1. The van der Waals surface area contributed by atoms with Crippen molar-refractivity contribution >= 4 is 23.7 Å². The molecule has 5 rings (SSSR count). The Balaban J connectivity index is 1.69. The zero-order valence-electron chi connectivity index (χ0n) is 25.4. The number of methoxy groups -OCH3 is 3. The Morgan fingerprint density at radius 1 is 1.14 bits per heavy atom. The first-order chi connectivity index (χ1) is 19.7. The zero-order valence-corrected chi connectivity index (χ0v) is 25.4. The molecular formula is C31H42O11. The van der Waals surface area contributed by atoms with Gasteiger partial charge in [-0.15, -0.1) is 0 Å². The van der Waals surface area contributed by atoms with Crippen molar-refractivity contribution in [3.05, 3.63) is 24.2 Å². The lowest BCUT2D eigenvalue weighted by Crippen LogP contribution is -2.65. The SMILES string of the molecule is COC(=O)C[C@H]1[C@](C)(CC(OC)OC)C[C@@]2(OC(C)=O)C(=O)[C@@H]3[C@@H](CC[C@@]4(C)[C@H](c5ccoc5)OC(=O)C[C@@]34O)[C@@]12C. The van der Waals surface area contributed by atoms with E-state index < -0.39 is 81.3 Å². The summed E-state index contributed by atoms with van der Waals surface area (Å²) in [7, 11) is 4.34. The molecule has 1 aromatic heterocycles. The summed E-state index contributed by atoms with van der Waals surface area (Å²) in [5.74, 6) is -4.24. The number of cyclic esters (lactones) is 1. The summed E-state index contributed by atoms with van der Waals surface area (Å²) in [6.07, 6.45) is 2.34. The molecule has 0 amide bonds. The highest BCUT2D eigenvalue weighted by Gasteiger charge is 2.84. The second-order valence-corrected chi connectivity index (χ2v) is 13.4. The summed E-state index contributed by atoms with van der Waals surface area (Å²) >= 11 is 0. The molecule has 1 aliphatic heterocycles. The lowest BCUT2D eigenvalue weighted by molar-refractivity contribution is -0.248. The largest absolute Gasteiger partial charge is 0.472 e. The van der Waals surface area contributed by atoms with Crippen LogP contribution in [-0.2, 0) is 42.9 Å². The van der Waals surface area contributed by atoms with Gasteiger partial charge in [0, 0.05) is 56.8 Å². The Labute approximate surface area is 245 Å². The smallest absolute Gasteiger partial charge is 0.309 e. The van der Waals surface area contributed by atoms with E-state index in [2.05, 4.69) is 0 Å². The minimum Gasteiger partial charge on any atom is -0.472 e. The highest BCUT2D eigenvalue weighted by Crippen LogP contribution is 2.77. The second-order valence-electron chi connectivity index (χ2n) is 13.4. The third-order valence-corrected chi connectivity index (χ3v) is 11.6. The highest BCUT2D eigenvalue weighted by molar-refractivity contribution is 5.98. The van der Waals surface area contributed by atoms with E-state index in [1.807, 2.05) is 20.8 Å². The normalized spacial score (nSPS) is 42.5. The number of carbonyl (C=O) groups excluding carboxylic acids is 4. The van der Waals surface area contributed by atoms with Gasteiger partial charge in [0.05, 0.1) is 37.6 Å². The lowest BCUT2D eigenvalue weighted by Gasteiger charge is -2.59. The number of ketones is 1. The van der Waals surface area contributed by atoms with E-state index in [1.165, 1.54) is 40.8 Å². The number of furan rings is 1. The van der Waals surface area contributed by atoms with Gasteiger partial charge in [0.15, 0.2) is 17.7 Å². The van der Waals surface area contributed by atoms with E-state index in [1.54, 1.807) is 6.07 Å².